The molecule has 2 amide bonds. The van der Waals surface area contributed by atoms with Crippen molar-refractivity contribution in [3.05, 3.63) is 89.0 Å². The number of amides is 2. The average Bonchev–Trinajstić information content (AvgIpc) is 3.03. The van der Waals surface area contributed by atoms with Gasteiger partial charge in [0.15, 0.2) is 0 Å². The number of hydrogen-bond donors (Lipinski definition) is 1. The Hall–Kier alpha value is -3.49. The third-order valence-electron chi connectivity index (χ3n) is 8.05. The minimum absolute atomic E-state index is 0.0177. The van der Waals surface area contributed by atoms with Crippen LogP contribution in [0.3, 0.4) is 0 Å². The Labute approximate surface area is 237 Å². The van der Waals surface area contributed by atoms with E-state index in [0.29, 0.717) is 18.2 Å². The summed E-state index contributed by atoms with van der Waals surface area (Å²) in [5.74, 6) is -0.701. The first-order chi connectivity index (χ1) is 19.3. The van der Waals surface area contributed by atoms with Crippen LogP contribution in [0.2, 0.25) is 0 Å². The molecule has 1 saturated carbocycles. The van der Waals surface area contributed by atoms with Crippen molar-refractivity contribution in [1.29, 1.82) is 0 Å². The summed E-state index contributed by atoms with van der Waals surface area (Å²) in [5, 5.41) is 2.98. The second-order valence-corrected chi connectivity index (χ2v) is 12.8. The number of fused-ring (bicyclic) bond motifs is 2. The standard InChI is InChI=1S/C32H37N3O4S/c1-23-10-8-11-24(20-23)22-35-28-21-25(31(36)33-18-9-19-34(2)26-12-4-3-5-13-26)16-17-30(28)40(38,39)29-15-7-6-14-27(29)32(35)37/h6-8,10-11,14-17,20-21,26H,3-5,9,12-13,18-19,22H2,1-2H3,(H,33,36). The minimum Gasteiger partial charge on any atom is -0.352 e. The van der Waals surface area contributed by atoms with Gasteiger partial charge in [-0.25, -0.2) is 8.42 Å². The molecule has 5 rings (SSSR count). The Bertz CT molecular complexity index is 1510. The molecule has 1 aliphatic heterocycles. The zero-order valence-corrected chi connectivity index (χ0v) is 24.0. The largest absolute Gasteiger partial charge is 0.352 e. The number of hydrogen-bond acceptors (Lipinski definition) is 5. The first-order valence-corrected chi connectivity index (χ1v) is 15.6. The normalized spacial score (nSPS) is 16.8. The smallest absolute Gasteiger partial charge is 0.259 e. The third kappa shape index (κ3) is 5.83. The van der Waals surface area contributed by atoms with Crippen LogP contribution in [0.4, 0.5) is 5.69 Å². The molecule has 1 heterocycles. The van der Waals surface area contributed by atoms with Crippen LogP contribution in [0, 0.1) is 6.92 Å². The third-order valence-corrected chi connectivity index (χ3v) is 9.91. The van der Waals surface area contributed by atoms with E-state index < -0.39 is 15.7 Å². The Balaban J connectivity index is 1.40. The maximum Gasteiger partial charge on any atom is 0.259 e. The van der Waals surface area contributed by atoms with Gasteiger partial charge in [-0.3, -0.25) is 9.59 Å². The Kier molecular flexibility index (Phi) is 8.38. The predicted molar refractivity (Wildman–Crippen MR) is 156 cm³/mol. The second kappa shape index (κ2) is 11.9. The lowest BCUT2D eigenvalue weighted by atomic mass is 9.94. The Morgan fingerprint density at radius 3 is 2.52 bits per heavy atom. The van der Waals surface area contributed by atoms with Gasteiger partial charge in [0.25, 0.3) is 11.8 Å². The molecule has 1 aliphatic carbocycles. The number of anilines is 1. The second-order valence-electron chi connectivity index (χ2n) is 10.9. The van der Waals surface area contributed by atoms with E-state index in [4.69, 9.17) is 0 Å². The lowest BCUT2D eigenvalue weighted by Gasteiger charge is -2.31. The van der Waals surface area contributed by atoms with Gasteiger partial charge >= 0.3 is 0 Å². The summed E-state index contributed by atoms with van der Waals surface area (Å²) in [6.45, 7) is 3.57. The molecular weight excluding hydrogens is 522 g/mol. The highest BCUT2D eigenvalue weighted by molar-refractivity contribution is 7.91. The molecule has 1 N–H and O–H groups in total. The van der Waals surface area contributed by atoms with Crippen LogP contribution in [-0.4, -0.2) is 51.3 Å². The fourth-order valence-corrected chi connectivity index (χ4v) is 7.47. The number of nitrogens with zero attached hydrogens (tertiary/aromatic N) is 2. The summed E-state index contributed by atoms with van der Waals surface area (Å²) in [6.07, 6.45) is 7.20. The number of carbonyl (C=O) groups excluding carboxylic acids is 2. The van der Waals surface area contributed by atoms with E-state index in [1.807, 2.05) is 31.2 Å². The molecule has 2 aliphatic rings. The molecule has 0 atom stereocenters. The van der Waals surface area contributed by atoms with E-state index in [2.05, 4.69) is 17.3 Å². The Morgan fingerprint density at radius 1 is 0.975 bits per heavy atom. The minimum atomic E-state index is -3.99. The molecule has 40 heavy (non-hydrogen) atoms. The van der Waals surface area contributed by atoms with Crippen molar-refractivity contribution in [1.82, 2.24) is 10.2 Å². The van der Waals surface area contributed by atoms with Gasteiger partial charge in [-0.05, 0) is 75.7 Å². The van der Waals surface area contributed by atoms with Crippen molar-refractivity contribution in [3.8, 4) is 0 Å². The summed E-state index contributed by atoms with van der Waals surface area (Å²) < 4.78 is 27.4. The number of sulfone groups is 1. The van der Waals surface area contributed by atoms with Crippen LogP contribution < -0.4 is 10.2 Å². The molecule has 0 radical (unpaired) electrons. The van der Waals surface area contributed by atoms with Crippen LogP contribution in [0.5, 0.6) is 0 Å². The summed E-state index contributed by atoms with van der Waals surface area (Å²) in [4.78, 5) is 30.8. The molecule has 0 spiro atoms. The van der Waals surface area contributed by atoms with E-state index in [1.54, 1.807) is 18.2 Å². The summed E-state index contributed by atoms with van der Waals surface area (Å²) in [5.41, 5.74) is 2.57. The van der Waals surface area contributed by atoms with Gasteiger partial charge in [-0.1, -0.05) is 61.2 Å². The van der Waals surface area contributed by atoms with Crippen LogP contribution in [0.1, 0.15) is 70.4 Å². The average molecular weight is 560 g/mol. The lowest BCUT2D eigenvalue weighted by Crippen LogP contribution is -2.36. The van der Waals surface area contributed by atoms with Gasteiger partial charge in [0, 0.05) is 18.2 Å². The van der Waals surface area contributed by atoms with Crippen LogP contribution in [0.25, 0.3) is 0 Å². The summed E-state index contributed by atoms with van der Waals surface area (Å²) in [7, 11) is -1.83. The van der Waals surface area contributed by atoms with Gasteiger partial charge < -0.3 is 15.1 Å². The fraction of sp³-hybridized carbons (Fsp3) is 0.375. The van der Waals surface area contributed by atoms with E-state index in [-0.39, 0.29) is 33.5 Å². The highest BCUT2D eigenvalue weighted by Crippen LogP contribution is 2.38. The van der Waals surface area contributed by atoms with Crippen LogP contribution >= 0.6 is 0 Å². The molecule has 3 aromatic rings. The molecule has 0 saturated heterocycles. The van der Waals surface area contributed by atoms with Crippen molar-refractivity contribution < 1.29 is 18.0 Å². The van der Waals surface area contributed by atoms with Gasteiger partial charge in [0.2, 0.25) is 9.84 Å². The molecule has 8 heteroatoms. The monoisotopic (exact) mass is 559 g/mol. The maximum absolute atomic E-state index is 13.8. The predicted octanol–water partition coefficient (Wildman–Crippen LogP) is 5.37. The number of nitrogens with one attached hydrogen (secondary N) is 1. The lowest BCUT2D eigenvalue weighted by molar-refractivity contribution is 0.0947. The molecule has 7 nitrogen and oxygen atoms in total. The van der Waals surface area contributed by atoms with E-state index in [0.717, 1.165) is 24.1 Å². The van der Waals surface area contributed by atoms with Crippen molar-refractivity contribution in [2.24, 2.45) is 0 Å². The highest BCUT2D eigenvalue weighted by atomic mass is 32.2. The van der Waals surface area contributed by atoms with Gasteiger partial charge in [-0.15, -0.1) is 0 Å². The number of carbonyl (C=O) groups is 2. The Morgan fingerprint density at radius 2 is 1.75 bits per heavy atom. The van der Waals surface area contributed by atoms with Crippen LogP contribution in [0.15, 0.2) is 76.5 Å². The van der Waals surface area contributed by atoms with E-state index in [9.17, 15) is 18.0 Å². The quantitative estimate of drug-likeness (QED) is 0.375. The first-order valence-electron chi connectivity index (χ1n) is 14.1. The zero-order chi connectivity index (χ0) is 28.3. The van der Waals surface area contributed by atoms with Crippen molar-refractivity contribution in [2.75, 3.05) is 25.0 Å². The molecule has 1 fully saturated rings. The zero-order valence-electron chi connectivity index (χ0n) is 23.2. The molecular formula is C32H37N3O4S. The molecule has 0 aromatic heterocycles. The molecule has 3 aromatic carbocycles. The first kappa shape index (κ1) is 28.1. The number of aryl methyl sites for hydroxylation is 1. The van der Waals surface area contributed by atoms with E-state index in [1.165, 1.54) is 61.3 Å². The number of benzene rings is 3. The topological polar surface area (TPSA) is 86.8 Å². The molecule has 210 valence electrons. The SMILES string of the molecule is Cc1cccc(CN2C(=O)c3ccccc3S(=O)(=O)c3ccc(C(=O)NCCCN(C)C4CCCCC4)cc32)c1. The van der Waals surface area contributed by atoms with E-state index >= 15 is 0 Å². The molecule has 0 unspecified atom stereocenters. The summed E-state index contributed by atoms with van der Waals surface area (Å²) in [6, 6.07) is 19.2. The fourth-order valence-electron chi connectivity index (χ4n) is 5.83. The van der Waals surface area contributed by atoms with Gasteiger partial charge in [-0.2, -0.15) is 0 Å². The number of rotatable bonds is 8. The highest BCUT2D eigenvalue weighted by Gasteiger charge is 2.36. The van der Waals surface area contributed by atoms with Gasteiger partial charge in [0.05, 0.1) is 27.6 Å². The molecule has 0 bridgehead atoms. The maximum atomic E-state index is 13.8. The van der Waals surface area contributed by atoms with Crippen molar-refractivity contribution in [2.45, 2.75) is 67.8 Å². The summed E-state index contributed by atoms with van der Waals surface area (Å²) >= 11 is 0. The van der Waals surface area contributed by atoms with Gasteiger partial charge in [0.1, 0.15) is 0 Å². The van der Waals surface area contributed by atoms with Crippen molar-refractivity contribution in [3.63, 3.8) is 0 Å². The van der Waals surface area contributed by atoms with Crippen LogP contribution in [-0.2, 0) is 16.4 Å². The van der Waals surface area contributed by atoms with Crippen molar-refractivity contribution >= 4 is 27.3 Å².